The Labute approximate surface area is 455 Å². The molecule has 27 nitrogen and oxygen atoms in total. The van der Waals surface area contributed by atoms with Gasteiger partial charge in [0.15, 0.2) is 17.6 Å². The highest BCUT2D eigenvalue weighted by Crippen LogP contribution is 2.66. The van der Waals surface area contributed by atoms with Gasteiger partial charge < -0.3 is 44.4 Å². The average molecular weight is 1200 g/mol. The van der Waals surface area contributed by atoms with Crippen molar-refractivity contribution in [3.63, 3.8) is 0 Å². The maximum atomic E-state index is 12.8. The second-order valence-electron chi connectivity index (χ2n) is 20.0. The van der Waals surface area contributed by atoms with E-state index in [0.29, 0.717) is 86.9 Å². The summed E-state index contributed by atoms with van der Waals surface area (Å²) in [5.74, 6) is -0.160. The summed E-state index contributed by atoms with van der Waals surface area (Å²) in [6.45, 7) is 7.89. The van der Waals surface area contributed by atoms with Gasteiger partial charge in [0, 0.05) is 67.0 Å². The van der Waals surface area contributed by atoms with E-state index in [9.17, 15) is 69.3 Å². The monoisotopic (exact) mass is 1200 g/mol. The molecule has 0 spiro atoms. The normalized spacial score (nSPS) is 26.2. The van der Waals surface area contributed by atoms with E-state index in [1.165, 1.54) is 41.5 Å². The Hall–Kier alpha value is -4.48. The number of amides is 1. The summed E-state index contributed by atoms with van der Waals surface area (Å²) in [5.41, 5.74) is 3.99. The number of allylic oxidation sites excluding steroid dienone is 4. The number of carbonyl (C=O) groups excluding carboxylic acids is 1. The number of phosphoric ester groups is 1. The molecule has 0 bridgehead atoms. The molecule has 5 unspecified atom stereocenters. The van der Waals surface area contributed by atoms with E-state index in [0.717, 1.165) is 22.8 Å². The molecule has 1 saturated heterocycles. The van der Waals surface area contributed by atoms with Crippen molar-refractivity contribution >= 4 is 77.8 Å². The highest BCUT2D eigenvalue weighted by Gasteiger charge is 2.56. The third-order valence-corrected chi connectivity index (χ3v) is 20.7. The van der Waals surface area contributed by atoms with Gasteiger partial charge in [-0.1, -0.05) is 18.9 Å². The number of aryl methyl sites for hydroxylation is 1. The van der Waals surface area contributed by atoms with Crippen LogP contribution in [0.1, 0.15) is 102 Å². The molecule has 2 aromatic carbocycles. The summed E-state index contributed by atoms with van der Waals surface area (Å²) in [7, 11) is -25.7. The minimum absolute atomic E-state index is 0.160. The predicted molar refractivity (Wildman–Crippen MR) is 282 cm³/mol. The largest absolute Gasteiger partial charge is 0.744 e. The number of anilines is 1. The van der Waals surface area contributed by atoms with E-state index in [-0.39, 0.29) is 40.7 Å². The Morgan fingerprint density at radius 1 is 0.886 bits per heavy atom. The van der Waals surface area contributed by atoms with Gasteiger partial charge in [-0.25, -0.2) is 42.2 Å². The molecular weight excluding hydrogens is 1140 g/mol. The average Bonchev–Trinajstić information content (AvgIpc) is 3.38. The smallest absolute Gasteiger partial charge is 0.489 e. The minimum Gasteiger partial charge on any atom is -0.744 e. The van der Waals surface area contributed by atoms with Crippen molar-refractivity contribution in [2.75, 3.05) is 37.7 Å². The van der Waals surface area contributed by atoms with Crippen molar-refractivity contribution in [1.82, 2.24) is 29.9 Å². The van der Waals surface area contributed by atoms with Gasteiger partial charge in [-0.05, 0) is 102 Å². The number of aromatic nitrogens is 4. The first kappa shape index (κ1) is 60.6. The van der Waals surface area contributed by atoms with Crippen molar-refractivity contribution in [3.05, 3.63) is 89.8 Å². The van der Waals surface area contributed by atoms with Crippen LogP contribution in [0.3, 0.4) is 0 Å². The number of fused-ring (bicyclic) bond motifs is 7. The molecule has 1 amide bonds. The topological polar surface area (TPSA) is 392 Å². The molecule has 1 fully saturated rings. The maximum Gasteiger partial charge on any atom is 0.489 e. The number of phosphoric acid groups is 2. The van der Waals surface area contributed by atoms with E-state index in [4.69, 9.17) is 9.26 Å². The number of hydrogen-bond donors (Lipinski definition) is 8. The number of imidazole rings is 1. The molecule has 432 valence electrons. The third-order valence-electron chi connectivity index (χ3n) is 14.5. The van der Waals surface area contributed by atoms with Crippen LogP contribution in [0.5, 0.6) is 0 Å². The SMILES string of the molecule is CCN1/C2=C/C=C/C3=[N+](CCCCCC(=O)NCCCCCCNP(=O)(O)OP(=O)(O)OP(=O)(O)OC[C@H]4O[C@@H](n5cnc6c(C)ncnc65)[C@H](O)[C@@H]4O)c4ccc(S(=O)(=O)O)cc4C3(C)CC2(C)c2cc(S(=O)(=O)[O-])ccc21. The molecule has 8 rings (SSSR count). The van der Waals surface area contributed by atoms with Crippen LogP contribution in [0, 0.1) is 6.92 Å². The van der Waals surface area contributed by atoms with Crippen LogP contribution < -0.4 is 15.3 Å². The van der Waals surface area contributed by atoms with Crippen LogP contribution in [0.2, 0.25) is 0 Å². The van der Waals surface area contributed by atoms with Gasteiger partial charge in [0.1, 0.15) is 46.8 Å². The Kier molecular flexibility index (Phi) is 18.0. The highest BCUT2D eigenvalue weighted by molar-refractivity contribution is 7.86. The molecule has 79 heavy (non-hydrogen) atoms. The standard InChI is InChI=1S/C47H63N8O19P3S2/c1-5-53-35-19-17-31(78(65,66)67)24-33(35)46(3)27-47(4)34-25-32(79(68,69)70)18-20-36(34)54(39(47)15-13-14-38(46)53)23-12-8-9-16-40(56)48-21-10-6-7-11-22-52-75(59,60)73-77(63,64)74-76(61,62)71-26-37-42(57)43(58)45(72-37)55-29-51-41-30(2)49-28-50-44(41)55/h13-15,17-20,24-25,28-29,37,42-43,45,57-58H,5-12,16,21-23,26-27H2,1-4H3,(H6-,48,52,56,59,60,61,62,63,64,65,66,67,68,69,70)/t37-,42-,43-,45-,46?,47?/m1/s1. The molecule has 5 heterocycles. The number of aliphatic hydroxyl groups excluding tert-OH is 2. The minimum atomic E-state index is -5.74. The molecule has 4 aromatic rings. The van der Waals surface area contributed by atoms with Crippen LogP contribution >= 0.6 is 23.4 Å². The lowest BCUT2D eigenvalue weighted by molar-refractivity contribution is -0.438. The number of unbranched alkanes of at least 4 members (excludes halogenated alkanes) is 5. The molecule has 4 aliphatic rings. The summed E-state index contributed by atoms with van der Waals surface area (Å²) >= 11 is 0. The fourth-order valence-electron chi connectivity index (χ4n) is 10.9. The quantitative estimate of drug-likeness (QED) is 0.0191. The molecule has 8 N–H and O–H groups in total. The van der Waals surface area contributed by atoms with E-state index in [1.807, 2.05) is 39.0 Å². The molecule has 0 saturated carbocycles. The second-order valence-corrected chi connectivity index (χ2v) is 27.6. The van der Waals surface area contributed by atoms with E-state index < -0.39 is 85.6 Å². The lowest BCUT2D eigenvalue weighted by Gasteiger charge is -2.37. The number of nitrogens with one attached hydrogen (secondary N) is 2. The predicted octanol–water partition coefficient (Wildman–Crippen LogP) is 4.78. The Bertz CT molecular complexity index is 3490. The second kappa shape index (κ2) is 23.4. The first-order valence-corrected chi connectivity index (χ1v) is 32.7. The summed E-state index contributed by atoms with van der Waals surface area (Å²) in [5, 5.41) is 26.1. The molecule has 1 aliphatic carbocycles. The fraction of sp³-hybridized carbons (Fsp3) is 0.511. The molecule has 3 aliphatic heterocycles. The third kappa shape index (κ3) is 13.2. The number of nitrogens with zero attached hydrogens (tertiary/aromatic N) is 6. The van der Waals surface area contributed by atoms with Gasteiger partial charge in [-0.15, -0.1) is 0 Å². The zero-order valence-corrected chi connectivity index (χ0v) is 47.7. The number of carbonyl (C=O) groups is 1. The van der Waals surface area contributed by atoms with Crippen LogP contribution in [-0.4, -0.2) is 138 Å². The van der Waals surface area contributed by atoms with Crippen molar-refractivity contribution in [3.8, 4) is 0 Å². The summed E-state index contributed by atoms with van der Waals surface area (Å²) in [6.07, 6.45) is 6.80. The zero-order valence-electron chi connectivity index (χ0n) is 43.4. The summed E-state index contributed by atoms with van der Waals surface area (Å²) in [4.78, 5) is 56.8. The van der Waals surface area contributed by atoms with E-state index in [1.54, 1.807) is 19.1 Å². The first-order valence-electron chi connectivity index (χ1n) is 25.3. The van der Waals surface area contributed by atoms with E-state index in [2.05, 4.69) is 43.5 Å². The number of ether oxygens (including phenoxy) is 1. The lowest BCUT2D eigenvalue weighted by atomic mass is 9.64. The summed E-state index contributed by atoms with van der Waals surface area (Å²) < 4.78 is 132. The van der Waals surface area contributed by atoms with Crippen molar-refractivity contribution in [1.29, 1.82) is 0 Å². The van der Waals surface area contributed by atoms with Gasteiger partial charge in [-0.2, -0.15) is 21.6 Å². The number of benzene rings is 2. The molecular formula is C47H63N8O19P3S2. The van der Waals surface area contributed by atoms with Gasteiger partial charge in [0.05, 0.1) is 33.8 Å². The number of likely N-dealkylation sites (N-methyl/N-ethyl adjacent to an activating group) is 1. The molecule has 9 atom stereocenters. The zero-order chi connectivity index (χ0) is 57.5. The van der Waals surface area contributed by atoms with Gasteiger partial charge in [-0.3, -0.25) is 18.4 Å². The van der Waals surface area contributed by atoms with Crippen LogP contribution in [-0.2, 0) is 67.4 Å². The van der Waals surface area contributed by atoms with Gasteiger partial charge in [0.2, 0.25) is 11.6 Å². The molecule has 2 aromatic heterocycles. The Morgan fingerprint density at radius 2 is 1.58 bits per heavy atom. The lowest BCUT2D eigenvalue weighted by Crippen LogP contribution is -2.41. The van der Waals surface area contributed by atoms with Gasteiger partial charge in [0.25, 0.3) is 10.1 Å². The molecule has 32 heteroatoms. The number of hydrogen-bond acceptors (Lipinski definition) is 19. The van der Waals surface area contributed by atoms with Crippen molar-refractivity contribution < 1.29 is 91.8 Å². The highest BCUT2D eigenvalue weighted by atomic mass is 32.2. The van der Waals surface area contributed by atoms with Gasteiger partial charge >= 0.3 is 23.4 Å². The van der Waals surface area contributed by atoms with Crippen molar-refractivity contribution in [2.45, 2.75) is 131 Å². The van der Waals surface area contributed by atoms with Crippen LogP contribution in [0.25, 0.3) is 11.2 Å². The van der Waals surface area contributed by atoms with E-state index >= 15 is 0 Å². The summed E-state index contributed by atoms with van der Waals surface area (Å²) in [6, 6.07) is 8.87. The fourth-order valence-corrected chi connectivity index (χ4v) is 15.6. The Morgan fingerprint density at radius 3 is 2.29 bits per heavy atom. The Balaban J connectivity index is 0.756. The van der Waals surface area contributed by atoms with Crippen LogP contribution in [0.4, 0.5) is 11.4 Å². The molecule has 0 radical (unpaired) electrons. The number of rotatable bonds is 25. The number of aliphatic hydroxyl groups is 2. The van der Waals surface area contributed by atoms with Crippen molar-refractivity contribution in [2.24, 2.45) is 0 Å². The van der Waals surface area contributed by atoms with Crippen LogP contribution in [0.15, 0.2) is 82.8 Å². The maximum absolute atomic E-state index is 12.8. The first-order chi connectivity index (χ1) is 37.0.